The van der Waals surface area contributed by atoms with E-state index in [-0.39, 0.29) is 5.91 Å². The Bertz CT molecular complexity index is 414. The first-order valence-electron chi connectivity index (χ1n) is 5.65. The second-order valence-electron chi connectivity index (χ2n) is 4.64. The number of rotatable bonds is 4. The van der Waals surface area contributed by atoms with E-state index in [1.807, 2.05) is 20.8 Å². The van der Waals surface area contributed by atoms with Gasteiger partial charge in [-0.3, -0.25) is 4.79 Å². The van der Waals surface area contributed by atoms with Crippen molar-refractivity contribution in [2.24, 2.45) is 5.41 Å². The topological polar surface area (TPSA) is 64.3 Å². The van der Waals surface area contributed by atoms with Crippen LogP contribution >= 0.6 is 0 Å². The lowest BCUT2D eigenvalue weighted by molar-refractivity contribution is -0.124. The molecule has 0 aliphatic heterocycles. The van der Waals surface area contributed by atoms with Crippen LogP contribution in [0.4, 0.5) is 11.4 Å². The molecule has 17 heavy (non-hydrogen) atoms. The Morgan fingerprint density at radius 3 is 2.59 bits per heavy atom. The molecular formula is C13H20N2O2. The molecule has 1 aromatic carbocycles. The monoisotopic (exact) mass is 236 g/mol. The Morgan fingerprint density at radius 2 is 2.12 bits per heavy atom. The summed E-state index contributed by atoms with van der Waals surface area (Å²) in [7, 11) is 1.58. The van der Waals surface area contributed by atoms with Crippen LogP contribution in [-0.2, 0) is 4.79 Å². The van der Waals surface area contributed by atoms with Crippen LogP contribution in [0.15, 0.2) is 18.2 Å². The maximum absolute atomic E-state index is 12.0. The van der Waals surface area contributed by atoms with Gasteiger partial charge in [0, 0.05) is 11.5 Å². The number of hydrogen-bond donors (Lipinski definition) is 2. The van der Waals surface area contributed by atoms with Crippen molar-refractivity contribution in [2.45, 2.75) is 27.2 Å². The molecule has 1 rings (SSSR count). The average Bonchev–Trinajstić information content (AvgIpc) is 2.31. The maximum Gasteiger partial charge on any atom is 0.230 e. The van der Waals surface area contributed by atoms with Crippen molar-refractivity contribution in [3.05, 3.63) is 18.2 Å². The van der Waals surface area contributed by atoms with Gasteiger partial charge in [-0.2, -0.15) is 0 Å². The summed E-state index contributed by atoms with van der Waals surface area (Å²) in [5, 5.41) is 2.83. The van der Waals surface area contributed by atoms with E-state index in [1.165, 1.54) is 0 Å². The fraction of sp³-hybridized carbons (Fsp3) is 0.462. The molecule has 4 heteroatoms. The molecular weight excluding hydrogens is 216 g/mol. The van der Waals surface area contributed by atoms with Crippen LogP contribution in [0.25, 0.3) is 0 Å². The molecule has 0 aliphatic rings. The van der Waals surface area contributed by atoms with Crippen molar-refractivity contribution in [1.29, 1.82) is 0 Å². The van der Waals surface area contributed by atoms with E-state index in [2.05, 4.69) is 5.32 Å². The van der Waals surface area contributed by atoms with E-state index >= 15 is 0 Å². The minimum atomic E-state index is -0.396. The molecule has 1 amide bonds. The van der Waals surface area contributed by atoms with Gasteiger partial charge in [0.1, 0.15) is 5.75 Å². The molecule has 3 N–H and O–H groups in total. The average molecular weight is 236 g/mol. The SMILES string of the molecule is CCC(C)(C)C(=O)Nc1ccc(OC)cc1N. The van der Waals surface area contributed by atoms with E-state index < -0.39 is 5.41 Å². The van der Waals surface area contributed by atoms with Gasteiger partial charge in [-0.15, -0.1) is 0 Å². The minimum absolute atomic E-state index is 0.0307. The Hall–Kier alpha value is -1.71. The third-order valence-electron chi connectivity index (χ3n) is 3.01. The standard InChI is InChI=1S/C13H20N2O2/c1-5-13(2,3)12(16)15-11-7-6-9(17-4)8-10(11)14/h6-8H,5,14H2,1-4H3,(H,15,16). The molecule has 0 saturated carbocycles. The number of benzene rings is 1. The van der Waals surface area contributed by atoms with Crippen LogP contribution in [0.3, 0.4) is 0 Å². The lowest BCUT2D eigenvalue weighted by atomic mass is 9.89. The predicted molar refractivity (Wildman–Crippen MR) is 70.1 cm³/mol. The summed E-state index contributed by atoms with van der Waals surface area (Å²) in [4.78, 5) is 12.0. The number of ether oxygens (including phenoxy) is 1. The fourth-order valence-electron chi connectivity index (χ4n) is 1.23. The predicted octanol–water partition coefficient (Wildman–Crippen LogP) is 2.65. The van der Waals surface area contributed by atoms with Crippen molar-refractivity contribution in [2.75, 3.05) is 18.2 Å². The molecule has 1 aromatic rings. The van der Waals surface area contributed by atoms with Crippen LogP contribution in [0, 0.1) is 5.41 Å². The molecule has 0 saturated heterocycles. The first-order chi connectivity index (χ1) is 7.90. The maximum atomic E-state index is 12.0. The van der Waals surface area contributed by atoms with Gasteiger partial charge in [-0.05, 0) is 18.6 Å². The summed E-state index contributed by atoms with van der Waals surface area (Å²) >= 11 is 0. The molecule has 0 aromatic heterocycles. The minimum Gasteiger partial charge on any atom is -0.497 e. The van der Waals surface area contributed by atoms with Gasteiger partial charge in [0.2, 0.25) is 5.91 Å². The van der Waals surface area contributed by atoms with Crippen molar-refractivity contribution in [1.82, 2.24) is 0 Å². The van der Waals surface area contributed by atoms with Gasteiger partial charge in [0.15, 0.2) is 0 Å². The number of hydrogen-bond acceptors (Lipinski definition) is 3. The Morgan fingerprint density at radius 1 is 1.47 bits per heavy atom. The van der Waals surface area contributed by atoms with E-state index in [0.29, 0.717) is 17.1 Å². The Balaban J connectivity index is 2.86. The van der Waals surface area contributed by atoms with Crippen LogP contribution < -0.4 is 15.8 Å². The van der Waals surface area contributed by atoms with Crippen molar-refractivity contribution in [3.8, 4) is 5.75 Å². The first-order valence-corrected chi connectivity index (χ1v) is 5.65. The van der Waals surface area contributed by atoms with Gasteiger partial charge >= 0.3 is 0 Å². The van der Waals surface area contributed by atoms with Gasteiger partial charge in [-0.1, -0.05) is 20.8 Å². The summed E-state index contributed by atoms with van der Waals surface area (Å²) in [6.07, 6.45) is 0.773. The van der Waals surface area contributed by atoms with E-state index in [1.54, 1.807) is 25.3 Å². The summed E-state index contributed by atoms with van der Waals surface area (Å²) in [6, 6.07) is 5.21. The van der Waals surface area contributed by atoms with Crippen molar-refractivity contribution in [3.63, 3.8) is 0 Å². The highest BCUT2D eigenvalue weighted by Gasteiger charge is 2.25. The quantitative estimate of drug-likeness (QED) is 0.790. The zero-order chi connectivity index (χ0) is 13.1. The number of nitrogens with one attached hydrogen (secondary N) is 1. The molecule has 0 unspecified atom stereocenters. The number of carbonyl (C=O) groups excluding carboxylic acids is 1. The van der Waals surface area contributed by atoms with E-state index in [0.717, 1.165) is 6.42 Å². The molecule has 94 valence electrons. The zero-order valence-corrected chi connectivity index (χ0v) is 10.8. The van der Waals surface area contributed by atoms with Crippen LogP contribution in [0.5, 0.6) is 5.75 Å². The van der Waals surface area contributed by atoms with Crippen molar-refractivity contribution < 1.29 is 9.53 Å². The number of methoxy groups -OCH3 is 1. The lowest BCUT2D eigenvalue weighted by Crippen LogP contribution is -2.30. The molecule has 0 bridgehead atoms. The highest BCUT2D eigenvalue weighted by molar-refractivity contribution is 5.97. The first kappa shape index (κ1) is 13.4. The molecule has 0 spiro atoms. The summed E-state index contributed by atoms with van der Waals surface area (Å²) < 4.78 is 5.05. The number of carbonyl (C=O) groups is 1. The van der Waals surface area contributed by atoms with E-state index in [4.69, 9.17) is 10.5 Å². The number of nitrogen functional groups attached to an aromatic ring is 1. The Kier molecular flexibility index (Phi) is 3.99. The van der Waals surface area contributed by atoms with E-state index in [9.17, 15) is 4.79 Å². The molecule has 0 aliphatic carbocycles. The molecule has 0 heterocycles. The number of anilines is 2. The lowest BCUT2D eigenvalue weighted by Gasteiger charge is -2.22. The highest BCUT2D eigenvalue weighted by Crippen LogP contribution is 2.27. The van der Waals surface area contributed by atoms with Gasteiger partial charge in [0.25, 0.3) is 0 Å². The summed E-state index contributed by atoms with van der Waals surface area (Å²) in [5.74, 6) is 0.645. The van der Waals surface area contributed by atoms with Gasteiger partial charge < -0.3 is 15.8 Å². The molecule has 0 fully saturated rings. The van der Waals surface area contributed by atoms with Crippen LogP contribution in [-0.4, -0.2) is 13.0 Å². The third kappa shape index (κ3) is 3.12. The number of amides is 1. The normalized spacial score (nSPS) is 11.1. The van der Waals surface area contributed by atoms with Gasteiger partial charge in [-0.25, -0.2) is 0 Å². The van der Waals surface area contributed by atoms with Crippen LogP contribution in [0.2, 0.25) is 0 Å². The smallest absolute Gasteiger partial charge is 0.230 e. The summed E-state index contributed by atoms with van der Waals surface area (Å²) in [5.41, 5.74) is 6.57. The van der Waals surface area contributed by atoms with Crippen molar-refractivity contribution >= 4 is 17.3 Å². The van der Waals surface area contributed by atoms with Gasteiger partial charge in [0.05, 0.1) is 18.5 Å². The second kappa shape index (κ2) is 5.08. The second-order valence-corrected chi connectivity index (χ2v) is 4.64. The molecule has 0 atom stereocenters. The number of nitrogens with two attached hydrogens (primary N) is 1. The largest absolute Gasteiger partial charge is 0.497 e. The van der Waals surface area contributed by atoms with Crippen LogP contribution in [0.1, 0.15) is 27.2 Å². The highest BCUT2D eigenvalue weighted by atomic mass is 16.5. The summed E-state index contributed by atoms with van der Waals surface area (Å²) in [6.45, 7) is 5.79. The zero-order valence-electron chi connectivity index (χ0n) is 10.8. The Labute approximate surface area is 102 Å². The fourth-order valence-corrected chi connectivity index (χ4v) is 1.23. The molecule has 0 radical (unpaired) electrons. The third-order valence-corrected chi connectivity index (χ3v) is 3.01. The molecule has 4 nitrogen and oxygen atoms in total.